The topological polar surface area (TPSA) is 61.6 Å². The summed E-state index contributed by atoms with van der Waals surface area (Å²) < 4.78 is 0. The Kier molecular flexibility index (Phi) is 7.19. The highest BCUT2D eigenvalue weighted by atomic mass is 16.2. The van der Waals surface area contributed by atoms with Gasteiger partial charge in [-0.3, -0.25) is 9.69 Å². The Morgan fingerprint density at radius 1 is 1.19 bits per heavy atom. The molecule has 5 heteroatoms. The number of carbonyl (C=O) groups excluding carboxylic acids is 1. The summed E-state index contributed by atoms with van der Waals surface area (Å²) >= 11 is 0. The summed E-state index contributed by atoms with van der Waals surface area (Å²) in [5, 5.41) is 2.91. The first kappa shape index (κ1) is 17.5. The van der Waals surface area contributed by atoms with Crippen LogP contribution in [-0.4, -0.2) is 56.0 Å². The molecule has 0 bridgehead atoms. The van der Waals surface area contributed by atoms with Crippen molar-refractivity contribution in [1.82, 2.24) is 9.80 Å². The van der Waals surface area contributed by atoms with Crippen LogP contribution in [0.5, 0.6) is 0 Å². The number of nitrogens with zero attached hydrogens (tertiary/aromatic N) is 2. The Labute approximate surface area is 128 Å². The van der Waals surface area contributed by atoms with Crippen LogP contribution < -0.4 is 11.1 Å². The van der Waals surface area contributed by atoms with E-state index in [1.54, 1.807) is 12.1 Å². The summed E-state index contributed by atoms with van der Waals surface area (Å²) in [7, 11) is 4.09. The highest BCUT2D eigenvalue weighted by Gasteiger charge is 2.12. The third kappa shape index (κ3) is 7.68. The number of amides is 1. The Bertz CT molecular complexity index is 428. The number of carbonyl (C=O) groups is 1. The van der Waals surface area contributed by atoms with E-state index in [2.05, 4.69) is 29.0 Å². The predicted molar refractivity (Wildman–Crippen MR) is 89.3 cm³/mol. The van der Waals surface area contributed by atoms with Crippen LogP contribution >= 0.6 is 0 Å². The van der Waals surface area contributed by atoms with Crippen molar-refractivity contribution in [2.75, 3.05) is 51.3 Å². The summed E-state index contributed by atoms with van der Waals surface area (Å²) in [6, 6.07) is 7.21. The second kappa shape index (κ2) is 8.64. The molecule has 3 N–H and O–H groups in total. The zero-order valence-corrected chi connectivity index (χ0v) is 13.6. The lowest BCUT2D eigenvalue weighted by Crippen LogP contribution is -2.39. The molecular formula is C16H28N4O. The number of rotatable bonds is 8. The summed E-state index contributed by atoms with van der Waals surface area (Å²) in [6.07, 6.45) is 0. The van der Waals surface area contributed by atoms with E-state index in [9.17, 15) is 4.79 Å². The van der Waals surface area contributed by atoms with Gasteiger partial charge in [-0.15, -0.1) is 0 Å². The van der Waals surface area contributed by atoms with Crippen molar-refractivity contribution >= 4 is 17.3 Å². The van der Waals surface area contributed by atoms with Gasteiger partial charge in [0.15, 0.2) is 0 Å². The van der Waals surface area contributed by atoms with Crippen molar-refractivity contribution in [3.8, 4) is 0 Å². The van der Waals surface area contributed by atoms with E-state index >= 15 is 0 Å². The molecule has 0 aliphatic rings. The molecule has 1 rings (SSSR count). The van der Waals surface area contributed by atoms with Gasteiger partial charge in [-0.05, 0) is 44.3 Å². The van der Waals surface area contributed by atoms with Crippen LogP contribution in [0.3, 0.4) is 0 Å². The van der Waals surface area contributed by atoms with Gasteiger partial charge in [0.25, 0.3) is 0 Å². The lowest BCUT2D eigenvalue weighted by atomic mass is 10.2. The fraction of sp³-hybridized carbons (Fsp3) is 0.562. The van der Waals surface area contributed by atoms with Crippen LogP contribution in [0.25, 0.3) is 0 Å². The average Bonchev–Trinajstić information content (AvgIpc) is 2.38. The van der Waals surface area contributed by atoms with Crippen molar-refractivity contribution in [3.05, 3.63) is 24.3 Å². The van der Waals surface area contributed by atoms with Crippen molar-refractivity contribution in [3.63, 3.8) is 0 Å². The molecule has 0 unspecified atom stereocenters. The molecule has 5 nitrogen and oxygen atoms in total. The molecule has 0 aromatic heterocycles. The van der Waals surface area contributed by atoms with Crippen LogP contribution in [-0.2, 0) is 4.79 Å². The van der Waals surface area contributed by atoms with E-state index in [0.717, 1.165) is 25.3 Å². The quantitative estimate of drug-likeness (QED) is 0.716. The molecule has 0 spiro atoms. The first-order valence-electron chi connectivity index (χ1n) is 7.39. The second-order valence-corrected chi connectivity index (χ2v) is 6.10. The third-order valence-corrected chi connectivity index (χ3v) is 3.05. The van der Waals surface area contributed by atoms with Gasteiger partial charge in [0.1, 0.15) is 0 Å². The summed E-state index contributed by atoms with van der Waals surface area (Å²) in [4.78, 5) is 16.5. The van der Waals surface area contributed by atoms with Crippen molar-refractivity contribution < 1.29 is 4.79 Å². The Morgan fingerprint density at radius 3 is 2.33 bits per heavy atom. The molecule has 0 saturated heterocycles. The van der Waals surface area contributed by atoms with Gasteiger partial charge in [-0.25, -0.2) is 0 Å². The fourth-order valence-electron chi connectivity index (χ4n) is 2.06. The maximum Gasteiger partial charge on any atom is 0.238 e. The maximum atomic E-state index is 12.1. The van der Waals surface area contributed by atoms with E-state index < -0.39 is 0 Å². The molecule has 0 heterocycles. The monoisotopic (exact) mass is 292 g/mol. The average molecular weight is 292 g/mol. The summed E-state index contributed by atoms with van der Waals surface area (Å²) in [5.74, 6) is 0.552. The van der Waals surface area contributed by atoms with Gasteiger partial charge in [-0.2, -0.15) is 0 Å². The molecule has 118 valence electrons. The minimum Gasteiger partial charge on any atom is -0.399 e. The van der Waals surface area contributed by atoms with Crippen LogP contribution in [0, 0.1) is 5.92 Å². The number of nitrogen functional groups attached to an aromatic ring is 1. The number of nitrogens with two attached hydrogens (primary N) is 1. The molecule has 0 aliphatic heterocycles. The van der Waals surface area contributed by atoms with E-state index in [0.29, 0.717) is 18.2 Å². The molecule has 0 aliphatic carbocycles. The van der Waals surface area contributed by atoms with Gasteiger partial charge >= 0.3 is 0 Å². The van der Waals surface area contributed by atoms with Gasteiger partial charge in [0.05, 0.1) is 6.54 Å². The standard InChI is InChI=1S/C16H28N4O/c1-13(2)11-20(10-9-19(3)4)12-16(21)18-15-7-5-14(17)6-8-15/h5-8,13H,9-12,17H2,1-4H3,(H,18,21). The van der Waals surface area contributed by atoms with E-state index in [1.165, 1.54) is 0 Å². The number of anilines is 2. The lowest BCUT2D eigenvalue weighted by Gasteiger charge is -2.25. The molecule has 1 aromatic rings. The fourth-order valence-corrected chi connectivity index (χ4v) is 2.06. The van der Waals surface area contributed by atoms with Crippen LogP contribution in [0.4, 0.5) is 11.4 Å². The first-order chi connectivity index (χ1) is 9.86. The molecule has 0 fully saturated rings. The molecule has 0 radical (unpaired) electrons. The predicted octanol–water partition coefficient (Wildman–Crippen LogP) is 1.73. The normalized spacial score (nSPS) is 11.4. The van der Waals surface area contributed by atoms with E-state index in [1.807, 2.05) is 26.2 Å². The number of nitrogens with one attached hydrogen (secondary N) is 1. The second-order valence-electron chi connectivity index (χ2n) is 6.10. The van der Waals surface area contributed by atoms with Gasteiger partial charge in [0, 0.05) is 31.0 Å². The largest absolute Gasteiger partial charge is 0.399 e. The number of hydrogen-bond acceptors (Lipinski definition) is 4. The molecule has 1 aromatic carbocycles. The third-order valence-electron chi connectivity index (χ3n) is 3.05. The molecule has 0 saturated carbocycles. The summed E-state index contributed by atoms with van der Waals surface area (Å²) in [5.41, 5.74) is 7.11. The van der Waals surface area contributed by atoms with Gasteiger partial charge < -0.3 is 16.0 Å². The van der Waals surface area contributed by atoms with Gasteiger partial charge in [-0.1, -0.05) is 13.8 Å². The van der Waals surface area contributed by atoms with Crippen LogP contribution in [0.15, 0.2) is 24.3 Å². The molecular weight excluding hydrogens is 264 g/mol. The van der Waals surface area contributed by atoms with E-state index in [4.69, 9.17) is 5.73 Å². The SMILES string of the molecule is CC(C)CN(CCN(C)C)CC(=O)Nc1ccc(N)cc1. The minimum absolute atomic E-state index is 0.0131. The Hall–Kier alpha value is -1.59. The zero-order valence-electron chi connectivity index (χ0n) is 13.6. The van der Waals surface area contributed by atoms with Gasteiger partial charge in [0.2, 0.25) is 5.91 Å². The van der Waals surface area contributed by atoms with E-state index in [-0.39, 0.29) is 5.91 Å². The maximum absolute atomic E-state index is 12.1. The van der Waals surface area contributed by atoms with Crippen LogP contribution in [0.1, 0.15) is 13.8 Å². The molecule has 21 heavy (non-hydrogen) atoms. The lowest BCUT2D eigenvalue weighted by molar-refractivity contribution is -0.117. The minimum atomic E-state index is 0.0131. The van der Waals surface area contributed by atoms with Crippen LogP contribution in [0.2, 0.25) is 0 Å². The van der Waals surface area contributed by atoms with Crippen molar-refractivity contribution in [2.45, 2.75) is 13.8 Å². The van der Waals surface area contributed by atoms with Crippen molar-refractivity contribution in [1.29, 1.82) is 0 Å². The molecule has 0 atom stereocenters. The smallest absolute Gasteiger partial charge is 0.238 e. The first-order valence-corrected chi connectivity index (χ1v) is 7.39. The number of hydrogen-bond donors (Lipinski definition) is 2. The number of likely N-dealkylation sites (N-methyl/N-ethyl adjacent to an activating group) is 1. The Balaban J connectivity index is 2.51. The Morgan fingerprint density at radius 2 is 1.81 bits per heavy atom. The van der Waals surface area contributed by atoms with Crippen molar-refractivity contribution in [2.24, 2.45) is 5.92 Å². The highest BCUT2D eigenvalue weighted by Crippen LogP contribution is 2.10. The summed E-state index contributed by atoms with van der Waals surface area (Å²) in [6.45, 7) is 7.50. The number of benzene rings is 1. The molecule has 1 amide bonds. The highest BCUT2D eigenvalue weighted by molar-refractivity contribution is 5.92. The zero-order chi connectivity index (χ0) is 15.8.